The van der Waals surface area contributed by atoms with Crippen LogP contribution in [0.3, 0.4) is 0 Å². The Hall–Kier alpha value is -0.890. The molecule has 1 amide bonds. The molecule has 4 N–H and O–H groups in total. The molecule has 0 saturated heterocycles. The molecule has 0 unspecified atom stereocenters. The lowest BCUT2D eigenvalue weighted by Crippen LogP contribution is -2.11. The van der Waals surface area contributed by atoms with Crippen molar-refractivity contribution in [1.29, 1.82) is 0 Å². The number of pyridine rings is 1. The summed E-state index contributed by atoms with van der Waals surface area (Å²) in [6, 6.07) is 1.90. The summed E-state index contributed by atoms with van der Waals surface area (Å²) in [5.74, 6) is -0.0371. The minimum atomic E-state index is -0.472. The zero-order chi connectivity index (χ0) is 10.3. The van der Waals surface area contributed by atoms with Gasteiger partial charge >= 0.3 is 0 Å². The molecule has 2 aromatic heterocycles. The van der Waals surface area contributed by atoms with Crippen molar-refractivity contribution in [2.24, 2.45) is 5.73 Å². The number of carbonyl (C=O) groups is 1. The highest BCUT2D eigenvalue weighted by atomic mass is 127. The summed E-state index contributed by atoms with van der Waals surface area (Å²) in [5, 5.41) is 0.802. The van der Waals surface area contributed by atoms with E-state index in [0.717, 1.165) is 13.0 Å². The fraction of sp³-hybridized carbons (Fsp3) is 0. The summed E-state index contributed by atoms with van der Waals surface area (Å²) in [5.41, 5.74) is 11.3. The van der Waals surface area contributed by atoms with E-state index in [1.54, 1.807) is 0 Å². The number of primary amides is 1. The smallest absolute Gasteiger partial charge is 0.251 e. The van der Waals surface area contributed by atoms with Crippen molar-refractivity contribution in [3.05, 3.63) is 20.7 Å². The minimum Gasteiger partial charge on any atom is -0.383 e. The number of thiophene rings is 1. The summed E-state index contributed by atoms with van der Waals surface area (Å²) in [4.78, 5) is 15.0. The molecule has 0 aliphatic carbocycles. The van der Waals surface area contributed by atoms with Crippen molar-refractivity contribution in [2.75, 3.05) is 5.73 Å². The second-order valence-electron chi connectivity index (χ2n) is 2.71. The van der Waals surface area contributed by atoms with Gasteiger partial charge in [0.2, 0.25) is 0 Å². The van der Waals surface area contributed by atoms with E-state index in [4.69, 9.17) is 11.5 Å². The third-order valence-electron chi connectivity index (χ3n) is 1.82. The number of halogens is 1. The van der Waals surface area contributed by atoms with Gasteiger partial charge in [0.05, 0.1) is 13.1 Å². The lowest BCUT2D eigenvalue weighted by atomic mass is 10.2. The number of aromatic nitrogens is 1. The molecule has 0 aromatic carbocycles. The third kappa shape index (κ3) is 1.44. The van der Waals surface area contributed by atoms with E-state index in [1.165, 1.54) is 17.5 Å². The third-order valence-corrected chi connectivity index (χ3v) is 3.75. The zero-order valence-electron chi connectivity index (χ0n) is 6.95. The summed E-state index contributed by atoms with van der Waals surface area (Å²) >= 11 is 3.66. The first kappa shape index (κ1) is 9.66. The van der Waals surface area contributed by atoms with Crippen LogP contribution in [0.15, 0.2) is 12.3 Å². The van der Waals surface area contributed by atoms with Gasteiger partial charge in [-0.2, -0.15) is 0 Å². The zero-order valence-corrected chi connectivity index (χ0v) is 9.93. The average molecular weight is 319 g/mol. The molecule has 0 saturated carbocycles. The van der Waals surface area contributed by atoms with Crippen LogP contribution in [-0.4, -0.2) is 10.9 Å². The highest BCUT2D eigenvalue weighted by Gasteiger charge is 2.12. The number of fused-ring (bicyclic) bond motifs is 1. The van der Waals surface area contributed by atoms with Crippen molar-refractivity contribution in [2.45, 2.75) is 0 Å². The first-order valence-electron chi connectivity index (χ1n) is 3.73. The van der Waals surface area contributed by atoms with Crippen molar-refractivity contribution in [1.82, 2.24) is 4.98 Å². The van der Waals surface area contributed by atoms with Crippen LogP contribution in [0.5, 0.6) is 0 Å². The van der Waals surface area contributed by atoms with Crippen LogP contribution in [0.4, 0.5) is 5.82 Å². The molecule has 0 atom stereocenters. The Morgan fingerprint density at radius 2 is 2.29 bits per heavy atom. The molecule has 14 heavy (non-hydrogen) atoms. The van der Waals surface area contributed by atoms with Crippen LogP contribution in [0.2, 0.25) is 0 Å². The van der Waals surface area contributed by atoms with Crippen molar-refractivity contribution >= 4 is 55.7 Å². The second-order valence-corrected chi connectivity index (χ2v) is 5.66. The maximum atomic E-state index is 11.1. The van der Waals surface area contributed by atoms with Gasteiger partial charge in [-0.1, -0.05) is 0 Å². The number of amides is 1. The molecule has 4 nitrogen and oxygen atoms in total. The number of nitrogens with zero attached hydrogens (tertiary/aromatic N) is 1. The van der Waals surface area contributed by atoms with Gasteiger partial charge in [0, 0.05) is 11.6 Å². The minimum absolute atomic E-state index is 0.433. The van der Waals surface area contributed by atoms with E-state index >= 15 is 0 Å². The van der Waals surface area contributed by atoms with Crippen molar-refractivity contribution < 1.29 is 4.79 Å². The molecule has 0 bridgehead atoms. The molecule has 0 fully saturated rings. The normalized spacial score (nSPS) is 10.6. The van der Waals surface area contributed by atoms with E-state index < -0.39 is 5.91 Å². The number of nitrogens with two attached hydrogens (primary N) is 2. The molecular formula is C8H6IN3OS. The summed E-state index contributed by atoms with van der Waals surface area (Å²) in [7, 11) is 0. The highest BCUT2D eigenvalue weighted by molar-refractivity contribution is 14.1. The molecular weight excluding hydrogens is 313 g/mol. The Labute approximate surface area is 97.4 Å². The first-order valence-corrected chi connectivity index (χ1v) is 5.62. The maximum Gasteiger partial charge on any atom is 0.251 e. The predicted octanol–water partition coefficient (Wildman–Crippen LogP) is 1.58. The van der Waals surface area contributed by atoms with Crippen molar-refractivity contribution in [3.8, 4) is 0 Å². The van der Waals surface area contributed by atoms with Crippen LogP contribution >= 0.6 is 33.9 Å². The molecule has 2 heterocycles. The van der Waals surface area contributed by atoms with Crippen molar-refractivity contribution in [3.63, 3.8) is 0 Å². The Bertz CT molecular complexity index is 523. The van der Waals surface area contributed by atoms with Crippen LogP contribution in [0.25, 0.3) is 10.1 Å². The largest absolute Gasteiger partial charge is 0.383 e. The van der Waals surface area contributed by atoms with E-state index in [1.807, 2.05) is 6.07 Å². The average Bonchev–Trinajstić information content (AvgIpc) is 2.47. The number of hydrogen-bond donors (Lipinski definition) is 2. The van der Waals surface area contributed by atoms with Gasteiger partial charge in [0.15, 0.2) is 0 Å². The van der Waals surface area contributed by atoms with Crippen LogP contribution in [0, 0.1) is 2.88 Å². The molecule has 0 aliphatic rings. The number of anilines is 1. The number of rotatable bonds is 1. The summed E-state index contributed by atoms with van der Waals surface area (Å²) in [6.45, 7) is 0. The van der Waals surface area contributed by atoms with Gasteiger partial charge in [-0.25, -0.2) is 4.98 Å². The fourth-order valence-electron chi connectivity index (χ4n) is 1.19. The maximum absolute atomic E-state index is 11.1. The molecule has 0 radical (unpaired) electrons. The van der Waals surface area contributed by atoms with Gasteiger partial charge in [-0.3, -0.25) is 4.79 Å². The van der Waals surface area contributed by atoms with Crippen LogP contribution in [0.1, 0.15) is 10.4 Å². The van der Waals surface area contributed by atoms with Gasteiger partial charge in [-0.05, 0) is 28.7 Å². The number of hydrogen-bond acceptors (Lipinski definition) is 4. The van der Waals surface area contributed by atoms with E-state index in [-0.39, 0.29) is 0 Å². The second kappa shape index (κ2) is 3.35. The Balaban J connectivity index is 2.87. The molecule has 72 valence electrons. The van der Waals surface area contributed by atoms with Crippen LogP contribution < -0.4 is 11.5 Å². The topological polar surface area (TPSA) is 82.0 Å². The molecule has 2 rings (SSSR count). The molecule has 0 spiro atoms. The summed E-state index contributed by atoms with van der Waals surface area (Å²) < 4.78 is 1.87. The van der Waals surface area contributed by atoms with E-state index in [9.17, 15) is 4.79 Å². The SMILES string of the molecule is NC(=O)c1cnc(N)c2cc(I)sc12. The quantitative estimate of drug-likeness (QED) is 0.783. The molecule has 6 heteroatoms. The number of nitrogen functional groups attached to an aromatic ring is 1. The van der Waals surface area contributed by atoms with E-state index in [2.05, 4.69) is 27.6 Å². The van der Waals surface area contributed by atoms with Gasteiger partial charge < -0.3 is 11.5 Å². The highest BCUT2D eigenvalue weighted by Crippen LogP contribution is 2.31. The van der Waals surface area contributed by atoms with Gasteiger partial charge in [0.25, 0.3) is 5.91 Å². The lowest BCUT2D eigenvalue weighted by Gasteiger charge is -1.98. The number of carbonyl (C=O) groups excluding carboxylic acids is 1. The Kier molecular flexibility index (Phi) is 2.31. The van der Waals surface area contributed by atoms with Gasteiger partial charge in [0.1, 0.15) is 5.82 Å². The predicted molar refractivity (Wildman–Crippen MR) is 65.3 cm³/mol. The molecule has 0 aliphatic heterocycles. The fourth-order valence-corrected chi connectivity index (χ4v) is 3.07. The Morgan fingerprint density at radius 3 is 2.93 bits per heavy atom. The molecule has 2 aromatic rings. The Morgan fingerprint density at radius 1 is 1.57 bits per heavy atom. The summed E-state index contributed by atoms with van der Waals surface area (Å²) in [6.07, 6.45) is 1.42. The van der Waals surface area contributed by atoms with Crippen LogP contribution in [-0.2, 0) is 0 Å². The monoisotopic (exact) mass is 319 g/mol. The lowest BCUT2D eigenvalue weighted by molar-refractivity contribution is 0.100. The van der Waals surface area contributed by atoms with Gasteiger partial charge in [-0.15, -0.1) is 11.3 Å². The first-order chi connectivity index (χ1) is 6.59. The standard InChI is InChI=1S/C8H6IN3OS/c9-5-1-3-6(14-5)4(8(11)13)2-12-7(3)10/h1-2H,(H2,10,12)(H2,11,13). The van der Waals surface area contributed by atoms with E-state index in [0.29, 0.717) is 11.4 Å².